The first-order valence-electron chi connectivity index (χ1n) is 8.11. The Balaban J connectivity index is 1.67. The number of alkyl halides is 2. The summed E-state index contributed by atoms with van der Waals surface area (Å²) >= 11 is 5.91. The van der Waals surface area contributed by atoms with Crippen molar-refractivity contribution in [3.8, 4) is 0 Å². The van der Waals surface area contributed by atoms with Gasteiger partial charge in [-0.25, -0.2) is 19.0 Å². The third kappa shape index (κ3) is 3.48. The molecule has 3 rings (SSSR count). The predicted octanol–water partition coefficient (Wildman–Crippen LogP) is 3.08. The Labute approximate surface area is 144 Å². The number of rotatable bonds is 3. The van der Waals surface area contributed by atoms with Crippen molar-refractivity contribution in [2.24, 2.45) is 5.92 Å². The van der Waals surface area contributed by atoms with Gasteiger partial charge in [0, 0.05) is 42.2 Å². The number of nitrogens with one attached hydrogen (secondary N) is 3. The maximum atomic E-state index is 14.1. The zero-order valence-electron chi connectivity index (χ0n) is 13.4. The molecule has 0 radical (unpaired) electrons. The molecule has 0 aliphatic carbocycles. The van der Waals surface area contributed by atoms with E-state index in [-0.39, 0.29) is 31.0 Å². The molecule has 132 valence electrons. The Morgan fingerprint density at radius 1 is 1.46 bits per heavy atom. The van der Waals surface area contributed by atoms with E-state index < -0.39 is 12.0 Å². The molecule has 2 aliphatic rings. The third-order valence-corrected chi connectivity index (χ3v) is 5.04. The molecule has 0 bridgehead atoms. The van der Waals surface area contributed by atoms with Crippen LogP contribution in [0.1, 0.15) is 19.8 Å². The SMILES string of the molecule is CCC(F)(F)C1NNC2CCN(C(=O)Nc3cccc(Cl)c3)CC21. The molecule has 0 spiro atoms. The summed E-state index contributed by atoms with van der Waals surface area (Å²) in [6, 6.07) is 5.56. The molecule has 1 aromatic carbocycles. The molecule has 3 N–H and O–H groups in total. The zero-order valence-corrected chi connectivity index (χ0v) is 14.1. The van der Waals surface area contributed by atoms with Gasteiger partial charge in [0.25, 0.3) is 5.92 Å². The number of halogens is 3. The molecule has 2 saturated heterocycles. The molecular formula is C16H21ClF2N4O. The van der Waals surface area contributed by atoms with E-state index in [0.29, 0.717) is 23.7 Å². The summed E-state index contributed by atoms with van der Waals surface area (Å²) in [7, 11) is 0. The van der Waals surface area contributed by atoms with E-state index in [4.69, 9.17) is 11.6 Å². The number of nitrogens with zero attached hydrogens (tertiary/aromatic N) is 1. The van der Waals surface area contributed by atoms with Crippen molar-refractivity contribution in [1.82, 2.24) is 15.8 Å². The van der Waals surface area contributed by atoms with Gasteiger partial charge in [-0.2, -0.15) is 0 Å². The molecule has 2 amide bonds. The van der Waals surface area contributed by atoms with Crippen molar-refractivity contribution in [2.75, 3.05) is 18.4 Å². The van der Waals surface area contributed by atoms with Crippen LogP contribution in [0, 0.1) is 5.92 Å². The van der Waals surface area contributed by atoms with Gasteiger partial charge in [-0.15, -0.1) is 0 Å². The lowest BCUT2D eigenvalue weighted by Crippen LogP contribution is -2.53. The molecule has 3 atom stereocenters. The lowest BCUT2D eigenvalue weighted by molar-refractivity contribution is -0.0541. The number of urea groups is 1. The quantitative estimate of drug-likeness (QED) is 0.778. The van der Waals surface area contributed by atoms with Crippen LogP contribution in [0.3, 0.4) is 0 Å². The van der Waals surface area contributed by atoms with E-state index in [2.05, 4.69) is 16.2 Å². The fourth-order valence-electron chi connectivity index (χ4n) is 3.39. The molecule has 0 aromatic heterocycles. The van der Waals surface area contributed by atoms with Crippen LogP contribution in [0.25, 0.3) is 0 Å². The monoisotopic (exact) mass is 358 g/mol. The number of likely N-dealkylation sites (tertiary alicyclic amines) is 1. The minimum atomic E-state index is -2.81. The molecule has 24 heavy (non-hydrogen) atoms. The molecule has 5 nitrogen and oxygen atoms in total. The van der Waals surface area contributed by atoms with Crippen molar-refractivity contribution < 1.29 is 13.6 Å². The number of hydrogen-bond acceptors (Lipinski definition) is 3. The van der Waals surface area contributed by atoms with Crippen molar-refractivity contribution in [2.45, 2.75) is 37.8 Å². The summed E-state index contributed by atoms with van der Waals surface area (Å²) < 4.78 is 28.2. The second kappa shape index (κ2) is 6.82. The summed E-state index contributed by atoms with van der Waals surface area (Å²) in [5.41, 5.74) is 6.28. The molecule has 2 fully saturated rings. The van der Waals surface area contributed by atoms with Crippen LogP contribution >= 0.6 is 11.6 Å². The molecular weight excluding hydrogens is 338 g/mol. The number of carbonyl (C=O) groups excluding carboxylic acids is 1. The molecule has 3 unspecified atom stereocenters. The highest BCUT2D eigenvalue weighted by molar-refractivity contribution is 6.30. The first kappa shape index (κ1) is 17.4. The fraction of sp³-hybridized carbons (Fsp3) is 0.562. The van der Waals surface area contributed by atoms with Gasteiger partial charge in [-0.3, -0.25) is 5.43 Å². The van der Waals surface area contributed by atoms with Crippen LogP contribution in [0.2, 0.25) is 5.02 Å². The van der Waals surface area contributed by atoms with E-state index in [9.17, 15) is 13.6 Å². The van der Waals surface area contributed by atoms with Crippen LogP contribution < -0.4 is 16.2 Å². The van der Waals surface area contributed by atoms with Gasteiger partial charge in [0.2, 0.25) is 0 Å². The summed E-state index contributed by atoms with van der Waals surface area (Å²) in [4.78, 5) is 14.0. The minimum Gasteiger partial charge on any atom is -0.324 e. The summed E-state index contributed by atoms with van der Waals surface area (Å²) in [5, 5.41) is 3.30. The highest BCUT2D eigenvalue weighted by atomic mass is 35.5. The predicted molar refractivity (Wildman–Crippen MR) is 89.2 cm³/mol. The molecule has 0 saturated carbocycles. The molecule has 2 heterocycles. The Bertz CT molecular complexity index is 615. The van der Waals surface area contributed by atoms with Gasteiger partial charge in [-0.1, -0.05) is 24.6 Å². The Kier molecular flexibility index (Phi) is 4.94. The number of amides is 2. The topological polar surface area (TPSA) is 56.4 Å². The number of hydrazine groups is 1. The second-order valence-corrected chi connectivity index (χ2v) is 6.76. The van der Waals surface area contributed by atoms with Crippen molar-refractivity contribution in [1.29, 1.82) is 0 Å². The largest absolute Gasteiger partial charge is 0.324 e. The van der Waals surface area contributed by atoms with E-state index in [0.717, 1.165) is 0 Å². The van der Waals surface area contributed by atoms with Crippen molar-refractivity contribution >= 4 is 23.3 Å². The number of piperidine rings is 1. The standard InChI is InChI=1S/C16H21ClF2N4O/c1-2-16(18,19)14-12-9-23(7-6-13(12)21-22-14)15(24)20-11-5-3-4-10(17)8-11/h3-5,8,12-14,21-22H,2,6-7,9H2,1H3,(H,20,24). The maximum absolute atomic E-state index is 14.1. The zero-order chi connectivity index (χ0) is 17.3. The van der Waals surface area contributed by atoms with Gasteiger partial charge in [0.15, 0.2) is 0 Å². The van der Waals surface area contributed by atoms with Crippen LogP contribution in [0.4, 0.5) is 19.3 Å². The van der Waals surface area contributed by atoms with Crippen molar-refractivity contribution in [3.63, 3.8) is 0 Å². The van der Waals surface area contributed by atoms with Gasteiger partial charge in [-0.05, 0) is 24.6 Å². The Morgan fingerprint density at radius 3 is 2.96 bits per heavy atom. The molecule has 8 heteroatoms. The van der Waals surface area contributed by atoms with Crippen LogP contribution in [0.5, 0.6) is 0 Å². The first-order chi connectivity index (χ1) is 11.4. The maximum Gasteiger partial charge on any atom is 0.321 e. The second-order valence-electron chi connectivity index (χ2n) is 6.33. The third-order valence-electron chi connectivity index (χ3n) is 4.80. The van der Waals surface area contributed by atoms with E-state index >= 15 is 0 Å². The van der Waals surface area contributed by atoms with E-state index in [1.165, 1.54) is 6.92 Å². The van der Waals surface area contributed by atoms with E-state index in [1.807, 2.05) is 0 Å². The highest BCUT2D eigenvalue weighted by Gasteiger charge is 2.51. The van der Waals surface area contributed by atoms with Crippen LogP contribution in [0.15, 0.2) is 24.3 Å². The van der Waals surface area contributed by atoms with Gasteiger partial charge >= 0.3 is 6.03 Å². The first-order valence-corrected chi connectivity index (χ1v) is 8.49. The van der Waals surface area contributed by atoms with Gasteiger partial charge < -0.3 is 10.2 Å². The van der Waals surface area contributed by atoms with Crippen molar-refractivity contribution in [3.05, 3.63) is 29.3 Å². The van der Waals surface area contributed by atoms with Crippen LogP contribution in [-0.4, -0.2) is 42.0 Å². The number of benzene rings is 1. The lowest BCUT2D eigenvalue weighted by Gasteiger charge is -2.37. The Hall–Kier alpha value is -1.44. The lowest BCUT2D eigenvalue weighted by atomic mass is 9.85. The highest BCUT2D eigenvalue weighted by Crippen LogP contribution is 2.35. The number of anilines is 1. The fourth-order valence-corrected chi connectivity index (χ4v) is 3.58. The minimum absolute atomic E-state index is 0.0392. The average molecular weight is 359 g/mol. The van der Waals surface area contributed by atoms with Gasteiger partial charge in [0.05, 0.1) is 6.04 Å². The number of hydrogen-bond donors (Lipinski definition) is 3. The van der Waals surface area contributed by atoms with E-state index in [1.54, 1.807) is 29.2 Å². The summed E-state index contributed by atoms with van der Waals surface area (Å²) in [6.45, 7) is 2.28. The summed E-state index contributed by atoms with van der Waals surface area (Å²) in [5.74, 6) is -3.13. The smallest absolute Gasteiger partial charge is 0.321 e. The number of fused-ring (bicyclic) bond motifs is 1. The summed E-state index contributed by atoms with van der Waals surface area (Å²) in [6.07, 6.45) is 0.404. The number of carbonyl (C=O) groups is 1. The average Bonchev–Trinajstić information content (AvgIpc) is 2.98. The van der Waals surface area contributed by atoms with Gasteiger partial charge in [0.1, 0.15) is 0 Å². The molecule has 2 aliphatic heterocycles. The molecule has 1 aromatic rings. The van der Waals surface area contributed by atoms with Crippen LogP contribution in [-0.2, 0) is 0 Å². The Morgan fingerprint density at radius 2 is 2.25 bits per heavy atom. The normalized spacial score (nSPS) is 27.0.